The van der Waals surface area contributed by atoms with Gasteiger partial charge < -0.3 is 14.7 Å². The SMILES string of the molecule is CC(C)CCN1CC[C@@H]2[C@H](CCCN2C(=O)C2CCCN(C)C2)C1. The highest BCUT2D eigenvalue weighted by Gasteiger charge is 2.40. The molecule has 24 heavy (non-hydrogen) atoms. The van der Waals surface area contributed by atoms with Crippen molar-refractivity contribution in [1.82, 2.24) is 14.7 Å². The zero-order valence-electron chi connectivity index (χ0n) is 16.0. The first kappa shape index (κ1) is 18.2. The highest BCUT2D eigenvalue weighted by Crippen LogP contribution is 2.32. The van der Waals surface area contributed by atoms with Crippen LogP contribution in [0.3, 0.4) is 0 Å². The summed E-state index contributed by atoms with van der Waals surface area (Å²) < 4.78 is 0. The first-order chi connectivity index (χ1) is 11.5. The molecule has 0 aromatic heterocycles. The van der Waals surface area contributed by atoms with Crippen molar-refractivity contribution in [2.45, 2.75) is 58.4 Å². The van der Waals surface area contributed by atoms with Crippen molar-refractivity contribution in [2.75, 3.05) is 46.3 Å². The van der Waals surface area contributed by atoms with Crippen LogP contribution in [0, 0.1) is 17.8 Å². The number of carbonyl (C=O) groups excluding carboxylic acids is 1. The van der Waals surface area contributed by atoms with Crippen molar-refractivity contribution in [3.63, 3.8) is 0 Å². The van der Waals surface area contributed by atoms with Crippen LogP contribution in [0.2, 0.25) is 0 Å². The molecular weight excluding hydrogens is 298 g/mol. The number of nitrogens with zero attached hydrogens (tertiary/aromatic N) is 3. The number of carbonyl (C=O) groups is 1. The van der Waals surface area contributed by atoms with E-state index in [1.54, 1.807) is 0 Å². The number of hydrogen-bond donors (Lipinski definition) is 0. The quantitative estimate of drug-likeness (QED) is 0.790. The molecule has 3 fully saturated rings. The van der Waals surface area contributed by atoms with E-state index in [9.17, 15) is 4.79 Å². The molecule has 0 N–H and O–H groups in total. The van der Waals surface area contributed by atoms with E-state index in [1.165, 1.54) is 51.7 Å². The standard InChI is InChI=1S/C20H37N3O/c1-16(2)8-12-22-13-9-19-17(15-22)6-5-11-23(19)20(24)18-7-4-10-21(3)14-18/h16-19H,4-15H2,1-3H3/t17-,18?,19-/m1/s1. The van der Waals surface area contributed by atoms with Crippen molar-refractivity contribution < 1.29 is 4.79 Å². The molecule has 0 radical (unpaired) electrons. The summed E-state index contributed by atoms with van der Waals surface area (Å²) in [5.41, 5.74) is 0. The average molecular weight is 336 g/mol. The van der Waals surface area contributed by atoms with Gasteiger partial charge >= 0.3 is 0 Å². The van der Waals surface area contributed by atoms with E-state index < -0.39 is 0 Å². The monoisotopic (exact) mass is 335 g/mol. The highest BCUT2D eigenvalue weighted by atomic mass is 16.2. The van der Waals surface area contributed by atoms with Crippen molar-refractivity contribution in [1.29, 1.82) is 0 Å². The summed E-state index contributed by atoms with van der Waals surface area (Å²) in [6, 6.07) is 0.522. The Morgan fingerprint density at radius 1 is 1.04 bits per heavy atom. The fraction of sp³-hybridized carbons (Fsp3) is 0.950. The first-order valence-corrected chi connectivity index (χ1v) is 10.3. The lowest BCUT2D eigenvalue weighted by molar-refractivity contribution is -0.144. The minimum absolute atomic E-state index is 0.251. The van der Waals surface area contributed by atoms with E-state index in [-0.39, 0.29) is 5.92 Å². The van der Waals surface area contributed by atoms with Gasteiger partial charge in [0.05, 0.1) is 5.92 Å². The van der Waals surface area contributed by atoms with E-state index >= 15 is 0 Å². The van der Waals surface area contributed by atoms with Crippen molar-refractivity contribution in [2.24, 2.45) is 17.8 Å². The maximum absolute atomic E-state index is 13.1. The molecule has 1 amide bonds. The molecule has 3 rings (SSSR count). The van der Waals surface area contributed by atoms with Crippen molar-refractivity contribution in [3.8, 4) is 0 Å². The number of fused-ring (bicyclic) bond motifs is 1. The number of amides is 1. The molecule has 0 bridgehead atoms. The zero-order valence-corrected chi connectivity index (χ0v) is 16.0. The third-order valence-corrected chi connectivity index (χ3v) is 6.43. The molecule has 0 aromatic carbocycles. The normalized spacial score (nSPS) is 32.8. The molecular formula is C20H37N3O. The van der Waals surface area contributed by atoms with Crippen LogP contribution >= 0.6 is 0 Å². The van der Waals surface area contributed by atoms with E-state index in [4.69, 9.17) is 0 Å². The van der Waals surface area contributed by atoms with Crippen LogP contribution in [0.4, 0.5) is 0 Å². The molecule has 3 aliphatic heterocycles. The van der Waals surface area contributed by atoms with E-state index in [1.807, 2.05) is 0 Å². The second-order valence-corrected chi connectivity index (χ2v) is 8.87. The van der Waals surface area contributed by atoms with E-state index in [0.29, 0.717) is 17.9 Å². The lowest BCUT2D eigenvalue weighted by Crippen LogP contribution is -2.57. The number of likely N-dealkylation sites (tertiary alicyclic amines) is 3. The van der Waals surface area contributed by atoms with Crippen molar-refractivity contribution >= 4 is 5.91 Å². The predicted molar refractivity (Wildman–Crippen MR) is 99.0 cm³/mol. The highest BCUT2D eigenvalue weighted by molar-refractivity contribution is 5.79. The van der Waals surface area contributed by atoms with Gasteiger partial charge in [0.25, 0.3) is 0 Å². The largest absolute Gasteiger partial charge is 0.339 e. The lowest BCUT2D eigenvalue weighted by atomic mass is 9.82. The van der Waals surface area contributed by atoms with Crippen LogP contribution in [0.5, 0.6) is 0 Å². The van der Waals surface area contributed by atoms with Gasteiger partial charge in [-0.3, -0.25) is 4.79 Å². The van der Waals surface area contributed by atoms with Gasteiger partial charge in [-0.2, -0.15) is 0 Å². The minimum atomic E-state index is 0.251. The minimum Gasteiger partial charge on any atom is -0.339 e. The Labute approximate surface area is 148 Å². The molecule has 0 spiro atoms. The molecule has 3 heterocycles. The van der Waals surface area contributed by atoms with Crippen LogP contribution in [0.1, 0.15) is 52.4 Å². The van der Waals surface area contributed by atoms with Crippen molar-refractivity contribution in [3.05, 3.63) is 0 Å². The molecule has 0 aliphatic carbocycles. The van der Waals surface area contributed by atoms with E-state index in [2.05, 4.69) is 35.6 Å². The molecule has 3 aliphatic rings. The Kier molecular flexibility index (Phi) is 6.20. The summed E-state index contributed by atoms with van der Waals surface area (Å²) in [6.45, 7) is 11.4. The maximum Gasteiger partial charge on any atom is 0.227 e. The Morgan fingerprint density at radius 3 is 2.58 bits per heavy atom. The summed E-state index contributed by atoms with van der Waals surface area (Å²) in [5.74, 6) is 2.22. The second kappa shape index (κ2) is 8.18. The molecule has 0 saturated carbocycles. The Balaban J connectivity index is 1.57. The second-order valence-electron chi connectivity index (χ2n) is 8.87. The maximum atomic E-state index is 13.1. The van der Waals surface area contributed by atoms with Gasteiger partial charge in [-0.15, -0.1) is 0 Å². The number of piperidine rings is 3. The smallest absolute Gasteiger partial charge is 0.227 e. The molecule has 3 atom stereocenters. The lowest BCUT2D eigenvalue weighted by Gasteiger charge is -2.48. The molecule has 0 aromatic rings. The molecule has 4 nitrogen and oxygen atoms in total. The molecule has 1 unspecified atom stereocenters. The van der Waals surface area contributed by atoms with Crippen LogP contribution in [0.15, 0.2) is 0 Å². The summed E-state index contributed by atoms with van der Waals surface area (Å²) in [5, 5.41) is 0. The van der Waals surface area contributed by atoms with E-state index in [0.717, 1.165) is 32.0 Å². The number of hydrogen-bond acceptors (Lipinski definition) is 3. The van der Waals surface area contributed by atoms with Gasteiger partial charge in [-0.05, 0) is 70.5 Å². The van der Waals surface area contributed by atoms with Gasteiger partial charge in [-0.25, -0.2) is 0 Å². The van der Waals surface area contributed by atoms with Gasteiger partial charge in [0.15, 0.2) is 0 Å². The summed E-state index contributed by atoms with van der Waals surface area (Å²) in [7, 11) is 2.16. The Bertz CT molecular complexity index is 425. The summed E-state index contributed by atoms with van der Waals surface area (Å²) in [4.78, 5) is 20.4. The molecule has 4 heteroatoms. The van der Waals surface area contributed by atoms with Gasteiger partial charge in [-0.1, -0.05) is 13.8 Å². The van der Waals surface area contributed by atoms with Gasteiger partial charge in [0, 0.05) is 32.2 Å². The fourth-order valence-electron chi connectivity index (χ4n) is 5.00. The zero-order chi connectivity index (χ0) is 17.1. The first-order valence-electron chi connectivity index (χ1n) is 10.3. The molecule has 138 valence electrons. The Hall–Kier alpha value is -0.610. The van der Waals surface area contributed by atoms with Gasteiger partial charge in [0.1, 0.15) is 0 Å². The fourth-order valence-corrected chi connectivity index (χ4v) is 5.00. The predicted octanol–water partition coefficient (Wildman–Crippen LogP) is 2.69. The Morgan fingerprint density at radius 2 is 1.83 bits per heavy atom. The number of rotatable bonds is 4. The van der Waals surface area contributed by atoms with Gasteiger partial charge in [0.2, 0.25) is 5.91 Å². The molecule has 3 saturated heterocycles. The third-order valence-electron chi connectivity index (χ3n) is 6.43. The van der Waals surface area contributed by atoms with Crippen LogP contribution in [-0.4, -0.2) is 73.0 Å². The topological polar surface area (TPSA) is 26.8 Å². The van der Waals surface area contributed by atoms with Crippen LogP contribution in [0.25, 0.3) is 0 Å². The van der Waals surface area contributed by atoms with Crippen LogP contribution in [-0.2, 0) is 4.79 Å². The van der Waals surface area contributed by atoms with Crippen LogP contribution < -0.4 is 0 Å². The third kappa shape index (κ3) is 4.32. The summed E-state index contributed by atoms with van der Waals surface area (Å²) >= 11 is 0. The average Bonchev–Trinajstić information content (AvgIpc) is 2.58. The summed E-state index contributed by atoms with van der Waals surface area (Å²) in [6.07, 6.45) is 7.28.